The lowest BCUT2D eigenvalue weighted by Gasteiger charge is -2.39. The van der Waals surface area contributed by atoms with Gasteiger partial charge in [0, 0.05) is 23.3 Å². The zero-order valence-electron chi connectivity index (χ0n) is 16.6. The molecule has 0 aliphatic carbocycles. The average molecular weight is 421 g/mol. The number of hydrogen-bond acceptors (Lipinski definition) is 3. The Kier molecular flexibility index (Phi) is 5.46. The molecule has 0 aromatic heterocycles. The van der Waals surface area contributed by atoms with Crippen LogP contribution in [0.25, 0.3) is 0 Å². The summed E-state index contributed by atoms with van der Waals surface area (Å²) < 4.78 is 5.25. The summed E-state index contributed by atoms with van der Waals surface area (Å²) in [5, 5.41) is 3.50. The van der Waals surface area contributed by atoms with Crippen LogP contribution >= 0.6 is 11.6 Å². The van der Waals surface area contributed by atoms with Crippen molar-refractivity contribution in [3.8, 4) is 5.75 Å². The highest BCUT2D eigenvalue weighted by atomic mass is 35.5. The Morgan fingerprint density at radius 3 is 2.47 bits per heavy atom. The third-order valence-electron chi connectivity index (χ3n) is 5.41. The molecule has 3 aromatic rings. The number of nitrogens with zero attached hydrogens (tertiary/aromatic N) is 1. The van der Waals surface area contributed by atoms with Gasteiger partial charge < -0.3 is 15.0 Å². The fourth-order valence-electron chi connectivity index (χ4n) is 3.96. The molecule has 5 nitrogen and oxygen atoms in total. The van der Waals surface area contributed by atoms with Crippen LogP contribution in [-0.4, -0.2) is 30.9 Å². The number of rotatable bonds is 4. The molecule has 0 unspecified atom stereocenters. The minimum atomic E-state index is -0.587. The van der Waals surface area contributed by atoms with Crippen molar-refractivity contribution in [1.29, 1.82) is 0 Å². The van der Waals surface area contributed by atoms with E-state index in [0.29, 0.717) is 27.6 Å². The molecule has 3 aromatic carbocycles. The van der Waals surface area contributed by atoms with Gasteiger partial charge in [-0.3, -0.25) is 9.59 Å². The second kappa shape index (κ2) is 8.20. The van der Waals surface area contributed by atoms with Gasteiger partial charge in [-0.2, -0.15) is 0 Å². The Morgan fingerprint density at radius 1 is 1.03 bits per heavy atom. The van der Waals surface area contributed by atoms with Gasteiger partial charge in [0.25, 0.3) is 5.91 Å². The van der Waals surface area contributed by atoms with Crippen LogP contribution in [0.1, 0.15) is 33.4 Å². The number of anilines is 1. The standard InChI is InChI=1S/C24H21ClN2O3/c1-27-22(15-10-12-18(30-2)13-11-15)21(19-8-3-4-9-20(19)24(27)29)23(28)26-17-7-5-6-16(25)14-17/h3-14,21-22H,1-2H3,(H,26,28)/t21-,22+/m1/s1. The topological polar surface area (TPSA) is 58.6 Å². The number of fused-ring (bicyclic) bond motifs is 1. The van der Waals surface area contributed by atoms with E-state index in [-0.39, 0.29) is 11.8 Å². The highest BCUT2D eigenvalue weighted by molar-refractivity contribution is 6.30. The van der Waals surface area contributed by atoms with Crippen molar-refractivity contribution < 1.29 is 14.3 Å². The van der Waals surface area contributed by atoms with Gasteiger partial charge in [0.2, 0.25) is 5.91 Å². The number of halogens is 1. The SMILES string of the molecule is COc1ccc([C@H]2[C@H](C(=O)Nc3cccc(Cl)c3)c3ccccc3C(=O)N2C)cc1. The van der Waals surface area contributed by atoms with E-state index in [4.69, 9.17) is 16.3 Å². The fraction of sp³-hybridized carbons (Fsp3) is 0.167. The predicted molar refractivity (Wildman–Crippen MR) is 117 cm³/mol. The summed E-state index contributed by atoms with van der Waals surface area (Å²) in [5.41, 5.74) is 2.71. The lowest BCUT2D eigenvalue weighted by molar-refractivity contribution is -0.119. The van der Waals surface area contributed by atoms with Crippen LogP contribution in [-0.2, 0) is 4.79 Å². The first-order chi connectivity index (χ1) is 14.5. The molecule has 4 rings (SSSR count). The third kappa shape index (κ3) is 3.64. The van der Waals surface area contributed by atoms with E-state index in [1.54, 1.807) is 49.4 Å². The number of methoxy groups -OCH3 is 1. The summed E-state index contributed by atoms with van der Waals surface area (Å²) in [6, 6.07) is 21.3. The van der Waals surface area contributed by atoms with Gasteiger partial charge in [0.05, 0.1) is 19.1 Å². The Labute approximate surface area is 180 Å². The molecule has 0 fully saturated rings. The van der Waals surface area contributed by atoms with E-state index in [0.717, 1.165) is 5.56 Å². The molecule has 6 heteroatoms. The van der Waals surface area contributed by atoms with E-state index in [9.17, 15) is 9.59 Å². The largest absolute Gasteiger partial charge is 0.497 e. The highest BCUT2D eigenvalue weighted by Crippen LogP contribution is 2.42. The molecule has 0 spiro atoms. The van der Waals surface area contributed by atoms with Crippen molar-refractivity contribution in [2.75, 3.05) is 19.5 Å². The number of likely N-dealkylation sites (N-methyl/N-ethyl adjacent to an activating group) is 1. The van der Waals surface area contributed by atoms with E-state index in [1.807, 2.05) is 42.5 Å². The van der Waals surface area contributed by atoms with E-state index < -0.39 is 12.0 Å². The minimum Gasteiger partial charge on any atom is -0.497 e. The summed E-state index contributed by atoms with van der Waals surface area (Å²) in [6.07, 6.45) is 0. The summed E-state index contributed by atoms with van der Waals surface area (Å²) in [7, 11) is 3.33. The number of amides is 2. The molecular formula is C24H21ClN2O3. The average Bonchev–Trinajstić information content (AvgIpc) is 2.76. The van der Waals surface area contributed by atoms with Crippen LogP contribution in [0.3, 0.4) is 0 Å². The minimum absolute atomic E-state index is 0.113. The van der Waals surface area contributed by atoms with Gasteiger partial charge in [-0.25, -0.2) is 0 Å². The van der Waals surface area contributed by atoms with Crippen molar-refractivity contribution in [2.45, 2.75) is 12.0 Å². The highest BCUT2D eigenvalue weighted by Gasteiger charge is 2.42. The van der Waals surface area contributed by atoms with Crippen LogP contribution in [0.5, 0.6) is 5.75 Å². The molecule has 2 amide bonds. The first-order valence-electron chi connectivity index (χ1n) is 9.56. The quantitative estimate of drug-likeness (QED) is 0.653. The molecule has 0 bridgehead atoms. The van der Waals surface area contributed by atoms with Crippen molar-refractivity contribution in [2.24, 2.45) is 0 Å². The molecule has 1 aliphatic heterocycles. The predicted octanol–water partition coefficient (Wildman–Crippen LogP) is 4.90. The Morgan fingerprint density at radius 2 is 1.77 bits per heavy atom. The molecule has 0 saturated heterocycles. The summed E-state index contributed by atoms with van der Waals surface area (Å²) >= 11 is 6.07. The van der Waals surface area contributed by atoms with Gasteiger partial charge in [-0.15, -0.1) is 0 Å². The van der Waals surface area contributed by atoms with Gasteiger partial charge >= 0.3 is 0 Å². The maximum absolute atomic E-state index is 13.5. The monoisotopic (exact) mass is 420 g/mol. The van der Waals surface area contributed by atoms with Crippen LogP contribution in [0.2, 0.25) is 5.02 Å². The first-order valence-corrected chi connectivity index (χ1v) is 9.94. The van der Waals surface area contributed by atoms with E-state index in [1.165, 1.54) is 0 Å². The molecule has 30 heavy (non-hydrogen) atoms. The van der Waals surface area contributed by atoms with Crippen molar-refractivity contribution in [3.05, 3.63) is 94.5 Å². The fourth-order valence-corrected chi connectivity index (χ4v) is 4.15. The smallest absolute Gasteiger partial charge is 0.254 e. The second-order valence-corrected chi connectivity index (χ2v) is 7.64. The van der Waals surface area contributed by atoms with Crippen molar-refractivity contribution >= 4 is 29.1 Å². The van der Waals surface area contributed by atoms with E-state index >= 15 is 0 Å². The van der Waals surface area contributed by atoms with Crippen LogP contribution in [0, 0.1) is 0 Å². The summed E-state index contributed by atoms with van der Waals surface area (Å²) in [4.78, 5) is 28.2. The number of hydrogen-bond donors (Lipinski definition) is 1. The van der Waals surface area contributed by atoms with Crippen molar-refractivity contribution in [3.63, 3.8) is 0 Å². The Hall–Kier alpha value is -3.31. The zero-order valence-corrected chi connectivity index (χ0v) is 17.4. The molecule has 0 saturated carbocycles. The van der Waals surface area contributed by atoms with Gasteiger partial charge in [0.1, 0.15) is 5.75 Å². The number of benzene rings is 3. The molecule has 152 valence electrons. The Balaban J connectivity index is 1.79. The third-order valence-corrected chi connectivity index (χ3v) is 5.65. The van der Waals surface area contributed by atoms with E-state index in [2.05, 4.69) is 5.32 Å². The molecule has 1 N–H and O–H groups in total. The van der Waals surface area contributed by atoms with Crippen LogP contribution in [0.15, 0.2) is 72.8 Å². The van der Waals surface area contributed by atoms with Crippen LogP contribution in [0.4, 0.5) is 5.69 Å². The lowest BCUT2D eigenvalue weighted by atomic mass is 9.79. The van der Waals surface area contributed by atoms with Crippen LogP contribution < -0.4 is 10.1 Å². The number of carbonyl (C=O) groups is 2. The Bertz CT molecular complexity index is 1100. The number of nitrogens with one attached hydrogen (secondary N) is 1. The first kappa shape index (κ1) is 20.0. The van der Waals surface area contributed by atoms with Gasteiger partial charge in [-0.1, -0.05) is 48.0 Å². The molecular weight excluding hydrogens is 400 g/mol. The van der Waals surface area contributed by atoms with Gasteiger partial charge in [0.15, 0.2) is 0 Å². The summed E-state index contributed by atoms with van der Waals surface area (Å²) in [6.45, 7) is 0. The molecule has 1 heterocycles. The maximum atomic E-state index is 13.5. The maximum Gasteiger partial charge on any atom is 0.254 e. The normalized spacial score (nSPS) is 18.0. The molecule has 2 atom stereocenters. The number of ether oxygens (including phenoxy) is 1. The zero-order chi connectivity index (χ0) is 21.3. The molecule has 0 radical (unpaired) electrons. The number of carbonyl (C=O) groups excluding carboxylic acids is 2. The van der Waals surface area contributed by atoms with Gasteiger partial charge in [-0.05, 0) is 47.5 Å². The molecule has 1 aliphatic rings. The second-order valence-electron chi connectivity index (χ2n) is 7.20. The van der Waals surface area contributed by atoms with Crippen molar-refractivity contribution in [1.82, 2.24) is 4.90 Å². The lowest BCUT2D eigenvalue weighted by Crippen LogP contribution is -2.44. The summed E-state index contributed by atoms with van der Waals surface area (Å²) in [5.74, 6) is -0.191.